The lowest BCUT2D eigenvalue weighted by Crippen LogP contribution is -2.24. The van der Waals surface area contributed by atoms with E-state index in [2.05, 4.69) is 34.7 Å². The van der Waals surface area contributed by atoms with E-state index in [9.17, 15) is 10.5 Å². The monoisotopic (exact) mass is 382 g/mol. The second kappa shape index (κ2) is 5.35. The van der Waals surface area contributed by atoms with Crippen molar-refractivity contribution in [3.63, 3.8) is 0 Å². The van der Waals surface area contributed by atoms with Crippen molar-refractivity contribution in [3.8, 4) is 12.1 Å². The van der Waals surface area contributed by atoms with Gasteiger partial charge in [-0.2, -0.15) is 10.5 Å². The molecular weight excluding hydrogens is 371 g/mol. The number of nitriles is 2. The van der Waals surface area contributed by atoms with Gasteiger partial charge in [-0.15, -0.1) is 0 Å². The van der Waals surface area contributed by atoms with E-state index in [1.807, 2.05) is 60.7 Å². The van der Waals surface area contributed by atoms with Crippen LogP contribution < -0.4 is 0 Å². The first kappa shape index (κ1) is 13.9. The Morgan fingerprint density at radius 2 is 1.90 bits per heavy atom. The molecule has 0 N–H and O–H groups in total. The molecule has 3 heteroatoms. The van der Waals surface area contributed by atoms with Gasteiger partial charge >= 0.3 is 0 Å². The molecule has 0 radical (unpaired) electrons. The minimum absolute atomic E-state index is 0.213. The number of benzene rings is 1. The summed E-state index contributed by atoms with van der Waals surface area (Å²) >= 11 is 2.24. The molecule has 100 valence electrons. The summed E-state index contributed by atoms with van der Waals surface area (Å²) in [6, 6.07) is 12.5. The van der Waals surface area contributed by atoms with Gasteiger partial charge in [-0.3, -0.25) is 0 Å². The lowest BCUT2D eigenvalue weighted by atomic mass is 9.73. The zero-order chi connectivity index (χ0) is 14.9. The summed E-state index contributed by atoms with van der Waals surface area (Å²) in [7, 11) is 0. The van der Waals surface area contributed by atoms with E-state index in [4.69, 9.17) is 0 Å². The molecule has 1 aromatic carbocycles. The maximum Gasteiger partial charge on any atom is 0.179 e. The highest BCUT2D eigenvalue weighted by Crippen LogP contribution is 2.51. The first-order valence-electron chi connectivity index (χ1n) is 6.57. The van der Waals surface area contributed by atoms with Gasteiger partial charge in [-0.25, -0.2) is 0 Å². The molecule has 0 spiro atoms. The summed E-state index contributed by atoms with van der Waals surface area (Å²) in [6.07, 6.45) is 11.7. The molecular formula is C18H11IN2. The second-order valence-electron chi connectivity index (χ2n) is 5.01. The zero-order valence-electron chi connectivity index (χ0n) is 11.1. The fraction of sp³-hybridized carbons (Fsp3) is 0.111. The predicted molar refractivity (Wildman–Crippen MR) is 90.6 cm³/mol. The van der Waals surface area contributed by atoms with Crippen LogP contribution in [0.15, 0.2) is 66.3 Å². The average Bonchev–Trinajstić information content (AvgIpc) is 2.64. The quantitative estimate of drug-likeness (QED) is 0.677. The molecule has 0 amide bonds. The molecule has 1 unspecified atom stereocenters. The van der Waals surface area contributed by atoms with Gasteiger partial charge in [0, 0.05) is 9.49 Å². The Hall–Kier alpha value is -2.11. The molecule has 0 aromatic heterocycles. The van der Waals surface area contributed by atoms with Crippen LogP contribution in [0.2, 0.25) is 0 Å². The van der Waals surface area contributed by atoms with Crippen LogP contribution in [0.4, 0.5) is 0 Å². The minimum atomic E-state index is -1.15. The van der Waals surface area contributed by atoms with Crippen molar-refractivity contribution in [2.75, 3.05) is 0 Å². The van der Waals surface area contributed by atoms with Crippen molar-refractivity contribution in [1.82, 2.24) is 0 Å². The van der Waals surface area contributed by atoms with Crippen LogP contribution in [-0.4, -0.2) is 0 Å². The molecule has 1 aromatic rings. The van der Waals surface area contributed by atoms with Crippen LogP contribution in [0.1, 0.15) is 5.56 Å². The number of hydrogen-bond donors (Lipinski definition) is 0. The van der Waals surface area contributed by atoms with Gasteiger partial charge in [0.2, 0.25) is 0 Å². The van der Waals surface area contributed by atoms with Crippen LogP contribution in [0, 0.1) is 37.6 Å². The highest BCUT2D eigenvalue weighted by atomic mass is 127. The van der Waals surface area contributed by atoms with Crippen molar-refractivity contribution in [2.24, 2.45) is 11.3 Å². The third-order valence-electron chi connectivity index (χ3n) is 3.86. The molecule has 2 nitrogen and oxygen atoms in total. The first-order valence-corrected chi connectivity index (χ1v) is 7.65. The predicted octanol–water partition coefficient (Wildman–Crippen LogP) is 4.39. The summed E-state index contributed by atoms with van der Waals surface area (Å²) < 4.78 is 1.09. The van der Waals surface area contributed by atoms with Gasteiger partial charge in [0.05, 0.1) is 12.1 Å². The zero-order valence-corrected chi connectivity index (χ0v) is 13.3. The number of allylic oxidation sites excluding steroid dienone is 8. The highest BCUT2D eigenvalue weighted by Gasteiger charge is 2.48. The summed E-state index contributed by atoms with van der Waals surface area (Å²) in [4.78, 5) is 0. The molecule has 0 bridgehead atoms. The highest BCUT2D eigenvalue weighted by molar-refractivity contribution is 14.1. The van der Waals surface area contributed by atoms with E-state index in [0.29, 0.717) is 0 Å². The molecule has 0 saturated carbocycles. The topological polar surface area (TPSA) is 47.6 Å². The first-order chi connectivity index (χ1) is 10.2. The van der Waals surface area contributed by atoms with Gasteiger partial charge in [0.15, 0.2) is 5.41 Å². The van der Waals surface area contributed by atoms with Crippen molar-refractivity contribution in [2.45, 2.75) is 0 Å². The van der Waals surface area contributed by atoms with Crippen LogP contribution in [-0.2, 0) is 0 Å². The smallest absolute Gasteiger partial charge is 0.179 e. The fourth-order valence-corrected chi connectivity index (χ4v) is 3.40. The second-order valence-corrected chi connectivity index (χ2v) is 6.26. The van der Waals surface area contributed by atoms with E-state index < -0.39 is 5.41 Å². The number of rotatable bonds is 1. The number of nitrogens with zero attached hydrogens (tertiary/aromatic N) is 2. The maximum atomic E-state index is 9.75. The van der Waals surface area contributed by atoms with E-state index in [-0.39, 0.29) is 5.92 Å². The van der Waals surface area contributed by atoms with Crippen LogP contribution in [0.25, 0.3) is 5.57 Å². The van der Waals surface area contributed by atoms with E-state index in [0.717, 1.165) is 20.3 Å². The van der Waals surface area contributed by atoms with Crippen LogP contribution in [0.5, 0.6) is 0 Å². The van der Waals surface area contributed by atoms with Crippen molar-refractivity contribution < 1.29 is 0 Å². The van der Waals surface area contributed by atoms with Crippen molar-refractivity contribution in [3.05, 3.63) is 75.4 Å². The van der Waals surface area contributed by atoms with Gasteiger partial charge in [-0.1, -0.05) is 48.6 Å². The summed E-state index contributed by atoms with van der Waals surface area (Å²) in [5.74, 6) is -0.213. The van der Waals surface area contributed by atoms with Crippen molar-refractivity contribution >= 4 is 28.2 Å². The Morgan fingerprint density at radius 3 is 2.62 bits per heavy atom. The summed E-state index contributed by atoms with van der Waals surface area (Å²) in [5.41, 5.74) is 1.59. The lowest BCUT2D eigenvalue weighted by Gasteiger charge is -2.23. The SMILES string of the molecule is N#CC1(C#N)C(c2cccc(I)c2)=CC2=CC=CC=CC21. The normalized spacial score (nSPS) is 21.6. The van der Waals surface area contributed by atoms with E-state index in [1.54, 1.807) is 0 Å². The number of hydrogen-bond acceptors (Lipinski definition) is 2. The third-order valence-corrected chi connectivity index (χ3v) is 4.54. The molecule has 0 aliphatic heterocycles. The Bertz CT molecular complexity index is 783. The molecule has 1 atom stereocenters. The maximum absolute atomic E-state index is 9.75. The molecule has 0 saturated heterocycles. The third kappa shape index (κ3) is 2.14. The van der Waals surface area contributed by atoms with Gasteiger partial charge in [0.1, 0.15) is 0 Å². The van der Waals surface area contributed by atoms with Crippen LogP contribution >= 0.6 is 22.6 Å². The van der Waals surface area contributed by atoms with Crippen LogP contribution in [0.3, 0.4) is 0 Å². The Morgan fingerprint density at radius 1 is 1.10 bits per heavy atom. The molecule has 0 heterocycles. The Labute approximate surface area is 137 Å². The van der Waals surface area contributed by atoms with E-state index in [1.165, 1.54) is 0 Å². The fourth-order valence-electron chi connectivity index (χ4n) is 2.85. The van der Waals surface area contributed by atoms with Crippen molar-refractivity contribution in [1.29, 1.82) is 10.5 Å². The minimum Gasteiger partial charge on any atom is -0.196 e. The summed E-state index contributed by atoms with van der Waals surface area (Å²) in [6.45, 7) is 0. The van der Waals surface area contributed by atoms with Gasteiger partial charge in [-0.05, 0) is 51.4 Å². The lowest BCUT2D eigenvalue weighted by molar-refractivity contribution is 0.578. The molecule has 0 fully saturated rings. The Kier molecular flexibility index (Phi) is 3.53. The number of fused-ring (bicyclic) bond motifs is 1. The summed E-state index contributed by atoms with van der Waals surface area (Å²) in [5, 5.41) is 19.5. The van der Waals surface area contributed by atoms with Gasteiger partial charge < -0.3 is 0 Å². The largest absolute Gasteiger partial charge is 0.196 e. The Balaban J connectivity index is 2.24. The average molecular weight is 382 g/mol. The molecule has 3 rings (SSSR count). The van der Waals surface area contributed by atoms with Gasteiger partial charge in [0.25, 0.3) is 0 Å². The molecule has 21 heavy (non-hydrogen) atoms. The number of halogens is 1. The molecule has 2 aliphatic carbocycles. The van der Waals surface area contributed by atoms with E-state index >= 15 is 0 Å². The molecule has 2 aliphatic rings. The standard InChI is InChI=1S/C18H11IN2/c19-15-7-4-6-13(9-15)17-10-14-5-2-1-3-8-16(14)18(17,11-20)12-21/h1-10,16H.